The molecule has 96 valence electrons. The quantitative estimate of drug-likeness (QED) is 0.658. The molecule has 1 aromatic rings. The number of nitrogen functional groups attached to an aromatic ring is 1. The molecular formula is C13H15ClN2O2. The first-order chi connectivity index (χ1) is 8.41. The highest BCUT2D eigenvalue weighted by molar-refractivity contribution is 6.31. The molecule has 2 rings (SSSR count). The Kier molecular flexibility index (Phi) is 3.30. The fourth-order valence-electron chi connectivity index (χ4n) is 2.05. The largest absolute Gasteiger partial charge is 0.399 e. The summed E-state index contributed by atoms with van der Waals surface area (Å²) in [4.78, 5) is 25.2. The lowest BCUT2D eigenvalue weighted by Crippen LogP contribution is -2.30. The number of imide groups is 1. The van der Waals surface area contributed by atoms with E-state index in [1.54, 1.807) is 32.0 Å². The van der Waals surface area contributed by atoms with Crippen molar-refractivity contribution in [1.82, 2.24) is 4.90 Å². The molecule has 1 saturated heterocycles. The van der Waals surface area contributed by atoms with Crippen LogP contribution in [0.5, 0.6) is 0 Å². The smallest absolute Gasteiger partial charge is 0.233 e. The molecule has 1 aliphatic rings. The molecule has 0 spiro atoms. The fraction of sp³-hybridized carbons (Fsp3) is 0.385. The van der Waals surface area contributed by atoms with Crippen molar-refractivity contribution in [3.05, 3.63) is 28.8 Å². The minimum absolute atomic E-state index is 0.139. The maximum Gasteiger partial charge on any atom is 0.233 e. The molecule has 0 saturated carbocycles. The van der Waals surface area contributed by atoms with Crippen LogP contribution in [0.1, 0.15) is 19.4 Å². The first-order valence-electron chi connectivity index (χ1n) is 5.81. The molecule has 18 heavy (non-hydrogen) atoms. The molecule has 4 nitrogen and oxygen atoms in total. The number of halogens is 1. The SMILES string of the molecule is CC1C(=O)N(Cc2ccc(N)cc2Cl)C(=O)C1C. The van der Waals surface area contributed by atoms with Crippen LogP contribution in [0.25, 0.3) is 0 Å². The van der Waals surface area contributed by atoms with Gasteiger partial charge in [0.05, 0.1) is 6.54 Å². The van der Waals surface area contributed by atoms with Crippen molar-refractivity contribution in [2.24, 2.45) is 11.8 Å². The van der Waals surface area contributed by atoms with Gasteiger partial charge in [-0.2, -0.15) is 0 Å². The second-order valence-electron chi connectivity index (χ2n) is 4.69. The second-order valence-corrected chi connectivity index (χ2v) is 5.10. The van der Waals surface area contributed by atoms with Crippen LogP contribution in [0.3, 0.4) is 0 Å². The highest BCUT2D eigenvalue weighted by Crippen LogP contribution is 2.29. The Morgan fingerprint density at radius 3 is 2.28 bits per heavy atom. The van der Waals surface area contributed by atoms with Crippen LogP contribution in [0.2, 0.25) is 5.02 Å². The van der Waals surface area contributed by atoms with E-state index < -0.39 is 0 Å². The van der Waals surface area contributed by atoms with Crippen molar-refractivity contribution in [1.29, 1.82) is 0 Å². The van der Waals surface area contributed by atoms with Crippen LogP contribution in [0.15, 0.2) is 18.2 Å². The number of amides is 2. The highest BCUT2D eigenvalue weighted by Gasteiger charge is 2.42. The zero-order valence-electron chi connectivity index (χ0n) is 10.3. The average molecular weight is 267 g/mol. The number of likely N-dealkylation sites (tertiary alicyclic amines) is 1. The van der Waals surface area contributed by atoms with Crippen LogP contribution < -0.4 is 5.73 Å². The monoisotopic (exact) mass is 266 g/mol. The van der Waals surface area contributed by atoms with E-state index >= 15 is 0 Å². The summed E-state index contributed by atoms with van der Waals surface area (Å²) in [6.07, 6.45) is 0. The van der Waals surface area contributed by atoms with Crippen molar-refractivity contribution < 1.29 is 9.59 Å². The molecule has 1 aromatic carbocycles. The van der Waals surface area contributed by atoms with Crippen molar-refractivity contribution in [3.8, 4) is 0 Å². The number of hydrogen-bond acceptors (Lipinski definition) is 3. The first kappa shape index (κ1) is 12.9. The zero-order valence-corrected chi connectivity index (χ0v) is 11.1. The maximum atomic E-state index is 11.9. The van der Waals surface area contributed by atoms with E-state index in [1.807, 2.05) is 0 Å². The van der Waals surface area contributed by atoms with E-state index in [-0.39, 0.29) is 30.2 Å². The minimum atomic E-state index is -0.259. The van der Waals surface area contributed by atoms with Gasteiger partial charge >= 0.3 is 0 Å². The normalized spacial score (nSPS) is 23.8. The molecule has 1 heterocycles. The van der Waals surface area contributed by atoms with Gasteiger partial charge in [0, 0.05) is 22.5 Å². The number of carbonyl (C=O) groups excluding carboxylic acids is 2. The van der Waals surface area contributed by atoms with Gasteiger partial charge in [0.15, 0.2) is 0 Å². The van der Waals surface area contributed by atoms with E-state index in [4.69, 9.17) is 17.3 Å². The van der Waals surface area contributed by atoms with Crippen LogP contribution in [-0.2, 0) is 16.1 Å². The van der Waals surface area contributed by atoms with Crippen molar-refractivity contribution >= 4 is 29.1 Å². The molecular weight excluding hydrogens is 252 g/mol. The Labute approximate surface area is 111 Å². The summed E-state index contributed by atoms with van der Waals surface area (Å²) in [6.45, 7) is 3.76. The Hall–Kier alpha value is -1.55. The predicted octanol–water partition coefficient (Wildman–Crippen LogP) is 2.06. The van der Waals surface area contributed by atoms with Crippen molar-refractivity contribution in [2.75, 3.05) is 5.73 Å². The standard InChI is InChI=1S/C13H15ClN2O2/c1-7-8(2)13(18)16(12(7)17)6-9-3-4-10(15)5-11(9)14/h3-5,7-8H,6,15H2,1-2H3. The van der Waals surface area contributed by atoms with Crippen molar-refractivity contribution in [2.45, 2.75) is 20.4 Å². The topological polar surface area (TPSA) is 63.4 Å². The Morgan fingerprint density at radius 1 is 1.22 bits per heavy atom. The molecule has 0 bridgehead atoms. The van der Waals surface area contributed by atoms with Gasteiger partial charge in [0.1, 0.15) is 0 Å². The van der Waals surface area contributed by atoms with Gasteiger partial charge in [-0.1, -0.05) is 31.5 Å². The highest BCUT2D eigenvalue weighted by atomic mass is 35.5. The van der Waals surface area contributed by atoms with Crippen LogP contribution in [0.4, 0.5) is 5.69 Å². The number of hydrogen-bond donors (Lipinski definition) is 1. The maximum absolute atomic E-state index is 11.9. The minimum Gasteiger partial charge on any atom is -0.399 e. The van der Waals surface area contributed by atoms with Gasteiger partial charge in [-0.15, -0.1) is 0 Å². The number of carbonyl (C=O) groups is 2. The molecule has 2 atom stereocenters. The summed E-state index contributed by atoms with van der Waals surface area (Å²) in [6, 6.07) is 5.07. The van der Waals surface area contributed by atoms with E-state index in [1.165, 1.54) is 4.90 Å². The Morgan fingerprint density at radius 2 is 1.78 bits per heavy atom. The molecule has 2 unspecified atom stereocenters. The third kappa shape index (κ3) is 2.08. The molecule has 1 aliphatic heterocycles. The predicted molar refractivity (Wildman–Crippen MR) is 69.7 cm³/mol. The Balaban J connectivity index is 2.24. The lowest BCUT2D eigenvalue weighted by molar-refractivity contribution is -0.140. The summed E-state index contributed by atoms with van der Waals surface area (Å²) >= 11 is 6.05. The summed E-state index contributed by atoms with van der Waals surface area (Å²) < 4.78 is 0. The van der Waals surface area contributed by atoms with Gasteiger partial charge in [0.25, 0.3) is 0 Å². The molecule has 5 heteroatoms. The fourth-order valence-corrected chi connectivity index (χ4v) is 2.29. The number of benzene rings is 1. The third-order valence-corrected chi connectivity index (χ3v) is 3.82. The number of anilines is 1. The van der Waals surface area contributed by atoms with Crippen LogP contribution >= 0.6 is 11.6 Å². The van der Waals surface area contributed by atoms with Gasteiger partial charge in [-0.05, 0) is 17.7 Å². The van der Waals surface area contributed by atoms with E-state index in [0.717, 1.165) is 5.56 Å². The van der Waals surface area contributed by atoms with E-state index in [2.05, 4.69) is 0 Å². The number of nitrogens with zero attached hydrogens (tertiary/aromatic N) is 1. The van der Waals surface area contributed by atoms with Crippen LogP contribution in [0, 0.1) is 11.8 Å². The zero-order chi connectivity index (χ0) is 13.4. The van der Waals surface area contributed by atoms with Gasteiger partial charge in [-0.3, -0.25) is 14.5 Å². The summed E-state index contributed by atoms with van der Waals surface area (Å²) in [7, 11) is 0. The number of rotatable bonds is 2. The molecule has 0 aromatic heterocycles. The second kappa shape index (κ2) is 4.61. The first-order valence-corrected chi connectivity index (χ1v) is 6.18. The van der Waals surface area contributed by atoms with E-state index in [9.17, 15) is 9.59 Å². The molecule has 0 aliphatic carbocycles. The van der Waals surface area contributed by atoms with Gasteiger partial charge in [0.2, 0.25) is 11.8 Å². The molecule has 0 radical (unpaired) electrons. The molecule has 2 N–H and O–H groups in total. The number of nitrogens with two attached hydrogens (primary N) is 1. The molecule has 1 fully saturated rings. The van der Waals surface area contributed by atoms with Gasteiger partial charge in [-0.25, -0.2) is 0 Å². The Bertz CT molecular complexity index is 496. The van der Waals surface area contributed by atoms with Gasteiger partial charge < -0.3 is 5.73 Å². The lowest BCUT2D eigenvalue weighted by atomic mass is 10.00. The summed E-state index contributed by atoms with van der Waals surface area (Å²) in [5, 5.41) is 0.475. The molecule has 2 amide bonds. The van der Waals surface area contributed by atoms with Crippen LogP contribution in [-0.4, -0.2) is 16.7 Å². The summed E-state index contributed by atoms with van der Waals surface area (Å²) in [5.41, 5.74) is 6.89. The lowest BCUT2D eigenvalue weighted by Gasteiger charge is -2.15. The van der Waals surface area contributed by atoms with E-state index in [0.29, 0.717) is 10.7 Å². The average Bonchev–Trinajstić information content (AvgIpc) is 2.50. The van der Waals surface area contributed by atoms with Crippen molar-refractivity contribution in [3.63, 3.8) is 0 Å². The summed E-state index contributed by atoms with van der Waals surface area (Å²) in [5.74, 6) is -0.795. The third-order valence-electron chi connectivity index (χ3n) is 3.47.